The van der Waals surface area contributed by atoms with Gasteiger partial charge in [0.05, 0.1) is 34.0 Å². The molecule has 1 aliphatic carbocycles. The molecule has 4 aromatic rings. The number of fused-ring (bicyclic) bond motifs is 2. The summed E-state index contributed by atoms with van der Waals surface area (Å²) in [6.45, 7) is 5.20. The number of aromatic nitrogens is 3. The third kappa shape index (κ3) is 5.21. The van der Waals surface area contributed by atoms with Gasteiger partial charge in [0.1, 0.15) is 5.69 Å². The Morgan fingerprint density at radius 1 is 1.08 bits per heavy atom. The fourth-order valence-corrected chi connectivity index (χ4v) is 6.20. The van der Waals surface area contributed by atoms with Gasteiger partial charge in [-0.1, -0.05) is 48.4 Å². The molecule has 3 heterocycles. The second-order valence-electron chi connectivity index (χ2n) is 10.7. The van der Waals surface area contributed by atoms with Crippen molar-refractivity contribution in [2.45, 2.75) is 58.0 Å². The van der Waals surface area contributed by atoms with E-state index in [1.54, 1.807) is 24.3 Å². The first-order chi connectivity index (χ1) is 19.0. The number of pyridine rings is 1. The van der Waals surface area contributed by atoms with Crippen molar-refractivity contribution >= 4 is 28.3 Å². The molecule has 2 aromatic heterocycles. The third-order valence-corrected chi connectivity index (χ3v) is 8.28. The van der Waals surface area contributed by atoms with Crippen molar-refractivity contribution in [1.29, 1.82) is 0 Å². The van der Waals surface area contributed by atoms with E-state index in [1.807, 2.05) is 13.0 Å². The Hall–Kier alpha value is -3.55. The lowest BCUT2D eigenvalue weighted by Gasteiger charge is -2.29. The van der Waals surface area contributed by atoms with E-state index in [4.69, 9.17) is 11.6 Å². The number of carbonyl (C=O) groups excluding carboxylic acids is 1. The van der Waals surface area contributed by atoms with Gasteiger partial charge in [0.15, 0.2) is 0 Å². The summed E-state index contributed by atoms with van der Waals surface area (Å²) in [4.78, 5) is 33.2. The van der Waals surface area contributed by atoms with Gasteiger partial charge in [-0.2, -0.15) is 9.78 Å². The van der Waals surface area contributed by atoms with E-state index in [0.717, 1.165) is 31.2 Å². The molecule has 1 saturated heterocycles. The van der Waals surface area contributed by atoms with E-state index in [1.165, 1.54) is 59.9 Å². The molecule has 7 nitrogen and oxygen atoms in total. The molecule has 2 aromatic carbocycles. The van der Waals surface area contributed by atoms with E-state index in [9.17, 15) is 9.59 Å². The maximum atomic E-state index is 13.2. The fourth-order valence-electron chi connectivity index (χ4n) is 5.94. The molecular formula is C31H32ClN5O2. The number of halogens is 1. The minimum Gasteiger partial charge on any atom is -0.344 e. The Labute approximate surface area is 232 Å². The van der Waals surface area contributed by atoms with Crippen molar-refractivity contribution in [3.8, 4) is 5.69 Å². The molecule has 8 heteroatoms. The van der Waals surface area contributed by atoms with Gasteiger partial charge in [0, 0.05) is 11.9 Å². The third-order valence-electron chi connectivity index (χ3n) is 7.97. The topological polar surface area (TPSA) is 80.1 Å². The number of aryl methyl sites for hydroxylation is 2. The van der Waals surface area contributed by atoms with Crippen molar-refractivity contribution in [2.75, 3.05) is 13.1 Å². The first-order valence-electron chi connectivity index (χ1n) is 13.8. The Bertz CT molecular complexity index is 1590. The number of carbonyl (C=O) groups is 1. The van der Waals surface area contributed by atoms with E-state index in [0.29, 0.717) is 27.5 Å². The number of nitrogens with one attached hydrogen (secondary N) is 1. The minimum absolute atomic E-state index is 0.0404. The van der Waals surface area contributed by atoms with Gasteiger partial charge >= 0.3 is 0 Å². The average molecular weight is 542 g/mol. The lowest BCUT2D eigenvalue weighted by Crippen LogP contribution is -2.32. The van der Waals surface area contributed by atoms with Gasteiger partial charge in [0.2, 0.25) is 0 Å². The molecule has 1 fully saturated rings. The molecule has 200 valence electrons. The first kappa shape index (κ1) is 25.7. The lowest BCUT2D eigenvalue weighted by molar-refractivity contribution is 0.0927. The predicted octanol–water partition coefficient (Wildman–Crippen LogP) is 5.54. The fraction of sp³-hybridized carbons (Fsp3) is 0.355. The van der Waals surface area contributed by atoms with Crippen LogP contribution in [0.15, 0.2) is 59.5 Å². The van der Waals surface area contributed by atoms with Crippen LogP contribution in [0, 0.1) is 6.92 Å². The van der Waals surface area contributed by atoms with Gasteiger partial charge in [-0.25, -0.2) is 4.98 Å². The number of amides is 1. The Morgan fingerprint density at radius 3 is 2.72 bits per heavy atom. The molecule has 0 radical (unpaired) electrons. The van der Waals surface area contributed by atoms with Crippen molar-refractivity contribution in [2.24, 2.45) is 0 Å². The van der Waals surface area contributed by atoms with E-state index < -0.39 is 0 Å². The summed E-state index contributed by atoms with van der Waals surface area (Å²) in [6.07, 6.45) is 8.41. The van der Waals surface area contributed by atoms with E-state index in [2.05, 4.69) is 38.5 Å². The van der Waals surface area contributed by atoms with Gasteiger partial charge < -0.3 is 5.32 Å². The molecule has 39 heavy (non-hydrogen) atoms. The molecule has 0 saturated carbocycles. The number of likely N-dealkylation sites (tertiary alicyclic amines) is 1. The van der Waals surface area contributed by atoms with Crippen LogP contribution >= 0.6 is 11.6 Å². The van der Waals surface area contributed by atoms with Crippen LogP contribution in [0.3, 0.4) is 0 Å². The summed E-state index contributed by atoms with van der Waals surface area (Å²) in [6, 6.07) is 15.4. The predicted molar refractivity (Wildman–Crippen MR) is 154 cm³/mol. The molecule has 1 aliphatic heterocycles. The Morgan fingerprint density at radius 2 is 1.92 bits per heavy atom. The molecule has 0 spiro atoms. The zero-order valence-electron chi connectivity index (χ0n) is 22.1. The maximum Gasteiger partial charge on any atom is 0.280 e. The van der Waals surface area contributed by atoms with E-state index in [-0.39, 0.29) is 17.5 Å². The Kier molecular flexibility index (Phi) is 7.19. The van der Waals surface area contributed by atoms with Crippen LogP contribution in [-0.4, -0.2) is 38.7 Å². The molecule has 2 aliphatic rings. The van der Waals surface area contributed by atoms with Crippen LogP contribution in [0.25, 0.3) is 16.5 Å². The van der Waals surface area contributed by atoms with Crippen molar-refractivity contribution in [3.05, 3.63) is 98.2 Å². The minimum atomic E-state index is -0.321. The highest BCUT2D eigenvalue weighted by molar-refractivity contribution is 6.35. The van der Waals surface area contributed by atoms with Crippen LogP contribution in [0.2, 0.25) is 5.02 Å². The number of hydrogen-bond acceptors (Lipinski definition) is 5. The smallest absolute Gasteiger partial charge is 0.280 e. The SMILES string of the molecule is Cc1nn(-c2ccc(C(=O)N[C@@H]3CCCc4cc(CN5CCCCC5)ccc43)nc2)c(=O)c2c(Cl)cccc12. The highest BCUT2D eigenvalue weighted by atomic mass is 35.5. The van der Waals surface area contributed by atoms with Crippen LogP contribution in [-0.2, 0) is 13.0 Å². The van der Waals surface area contributed by atoms with Crippen LogP contribution < -0.4 is 10.9 Å². The van der Waals surface area contributed by atoms with Crippen LogP contribution in [0.4, 0.5) is 0 Å². The highest BCUT2D eigenvalue weighted by Crippen LogP contribution is 2.31. The van der Waals surface area contributed by atoms with Gasteiger partial charge in [-0.05, 0) is 87.0 Å². The summed E-state index contributed by atoms with van der Waals surface area (Å²) < 4.78 is 1.29. The number of hydrogen-bond donors (Lipinski definition) is 1. The lowest BCUT2D eigenvalue weighted by atomic mass is 9.86. The second-order valence-corrected chi connectivity index (χ2v) is 11.1. The normalized spacial score (nSPS) is 17.6. The summed E-state index contributed by atoms with van der Waals surface area (Å²) in [5.74, 6) is -0.227. The largest absolute Gasteiger partial charge is 0.344 e. The molecule has 6 rings (SSSR count). The maximum absolute atomic E-state index is 13.2. The monoisotopic (exact) mass is 541 g/mol. The van der Waals surface area contributed by atoms with Crippen molar-refractivity contribution in [3.63, 3.8) is 0 Å². The average Bonchev–Trinajstić information content (AvgIpc) is 2.95. The molecule has 0 unspecified atom stereocenters. The summed E-state index contributed by atoms with van der Waals surface area (Å²) in [7, 11) is 0. The molecule has 1 N–H and O–H groups in total. The quantitative estimate of drug-likeness (QED) is 0.359. The number of benzene rings is 2. The van der Waals surface area contributed by atoms with Crippen LogP contribution in [0.5, 0.6) is 0 Å². The second kappa shape index (κ2) is 10.9. The van der Waals surface area contributed by atoms with Gasteiger partial charge in [-0.15, -0.1) is 0 Å². The summed E-state index contributed by atoms with van der Waals surface area (Å²) in [5.41, 5.74) is 5.03. The molecule has 1 amide bonds. The molecule has 0 bridgehead atoms. The zero-order valence-corrected chi connectivity index (χ0v) is 22.9. The standard InChI is InChI=1S/C31H32ClN5O2/c1-20-24-8-6-9-26(32)29(24)31(39)37(35-20)23-12-14-28(33-18-23)30(38)34-27-10-5-7-22-17-21(11-13-25(22)27)19-36-15-3-2-4-16-36/h6,8-9,11-14,17-18,27H,2-5,7,10,15-16,19H2,1H3,(H,34,38)/t27-/m1/s1. The first-order valence-corrected chi connectivity index (χ1v) is 14.2. The van der Waals surface area contributed by atoms with Crippen LogP contribution in [0.1, 0.15) is 71.0 Å². The molecular weight excluding hydrogens is 510 g/mol. The Balaban J connectivity index is 1.19. The summed E-state index contributed by atoms with van der Waals surface area (Å²) in [5, 5.41) is 9.16. The number of nitrogens with zero attached hydrogens (tertiary/aromatic N) is 4. The summed E-state index contributed by atoms with van der Waals surface area (Å²) >= 11 is 6.33. The highest BCUT2D eigenvalue weighted by Gasteiger charge is 2.24. The van der Waals surface area contributed by atoms with E-state index >= 15 is 0 Å². The number of rotatable bonds is 5. The van der Waals surface area contributed by atoms with Gasteiger partial charge in [0.25, 0.3) is 11.5 Å². The van der Waals surface area contributed by atoms with Crippen molar-refractivity contribution in [1.82, 2.24) is 25.0 Å². The van der Waals surface area contributed by atoms with Crippen molar-refractivity contribution < 1.29 is 4.79 Å². The number of piperidine rings is 1. The zero-order chi connectivity index (χ0) is 26.9. The van der Waals surface area contributed by atoms with Gasteiger partial charge in [-0.3, -0.25) is 14.5 Å². The molecule has 1 atom stereocenters.